The minimum atomic E-state index is 0.0625. The van der Waals surface area contributed by atoms with E-state index in [4.69, 9.17) is 0 Å². The van der Waals surface area contributed by atoms with Gasteiger partial charge in [-0.15, -0.1) is 0 Å². The zero-order chi connectivity index (χ0) is 12.1. The van der Waals surface area contributed by atoms with Gasteiger partial charge in [-0.1, -0.05) is 0 Å². The van der Waals surface area contributed by atoms with Crippen molar-refractivity contribution < 1.29 is 4.79 Å². The highest BCUT2D eigenvalue weighted by Gasteiger charge is 2.26. The van der Waals surface area contributed by atoms with E-state index in [-0.39, 0.29) is 11.8 Å². The number of rotatable bonds is 3. The molecule has 5 heteroatoms. The predicted octanol–water partition coefficient (Wildman–Crippen LogP) is 0.829. The van der Waals surface area contributed by atoms with E-state index in [9.17, 15) is 4.79 Å². The van der Waals surface area contributed by atoms with Crippen LogP contribution in [0.15, 0.2) is 18.5 Å². The molecular formula is C12H18N4O. The molecule has 1 unspecified atom stereocenters. The molecule has 2 rings (SSSR count). The SMILES string of the molecule is CCNC(=O)C1CCCN(c2ncccn2)C1. The fourth-order valence-corrected chi connectivity index (χ4v) is 2.15. The van der Waals surface area contributed by atoms with Crippen LogP contribution in [0.2, 0.25) is 0 Å². The number of carbonyl (C=O) groups excluding carboxylic acids is 1. The van der Waals surface area contributed by atoms with Crippen molar-refractivity contribution in [3.63, 3.8) is 0 Å². The van der Waals surface area contributed by atoms with Crippen LogP contribution in [0, 0.1) is 5.92 Å². The third-order valence-corrected chi connectivity index (χ3v) is 2.98. The Bertz CT molecular complexity index is 368. The number of carbonyl (C=O) groups is 1. The summed E-state index contributed by atoms with van der Waals surface area (Å²) in [5.74, 6) is 0.933. The fraction of sp³-hybridized carbons (Fsp3) is 0.583. The highest BCUT2D eigenvalue weighted by Crippen LogP contribution is 2.19. The van der Waals surface area contributed by atoms with E-state index in [1.165, 1.54) is 0 Å². The molecule has 1 N–H and O–H groups in total. The van der Waals surface area contributed by atoms with Gasteiger partial charge in [0.05, 0.1) is 5.92 Å². The van der Waals surface area contributed by atoms with Gasteiger partial charge in [-0.2, -0.15) is 0 Å². The van der Waals surface area contributed by atoms with Crippen LogP contribution < -0.4 is 10.2 Å². The summed E-state index contributed by atoms with van der Waals surface area (Å²) in [4.78, 5) is 22.3. The molecule has 1 fully saturated rings. The van der Waals surface area contributed by atoms with Crippen LogP contribution in [0.3, 0.4) is 0 Å². The second-order valence-electron chi connectivity index (χ2n) is 4.23. The fourth-order valence-electron chi connectivity index (χ4n) is 2.15. The van der Waals surface area contributed by atoms with Crippen LogP contribution >= 0.6 is 0 Å². The molecule has 1 saturated heterocycles. The van der Waals surface area contributed by atoms with Crippen molar-refractivity contribution >= 4 is 11.9 Å². The lowest BCUT2D eigenvalue weighted by Gasteiger charge is -2.31. The molecule has 0 aromatic carbocycles. The van der Waals surface area contributed by atoms with E-state index in [2.05, 4.69) is 20.2 Å². The molecule has 0 saturated carbocycles. The van der Waals surface area contributed by atoms with Crippen LogP contribution in [0.1, 0.15) is 19.8 Å². The monoisotopic (exact) mass is 234 g/mol. The minimum absolute atomic E-state index is 0.0625. The van der Waals surface area contributed by atoms with Gasteiger partial charge in [0.1, 0.15) is 0 Å². The number of nitrogens with one attached hydrogen (secondary N) is 1. The molecule has 1 aromatic heterocycles. The van der Waals surface area contributed by atoms with Crippen LogP contribution in [-0.2, 0) is 4.79 Å². The van der Waals surface area contributed by atoms with Crippen molar-refractivity contribution in [2.24, 2.45) is 5.92 Å². The zero-order valence-electron chi connectivity index (χ0n) is 10.1. The first kappa shape index (κ1) is 11.8. The first-order valence-corrected chi connectivity index (χ1v) is 6.11. The standard InChI is InChI=1S/C12H18N4O/c1-2-13-11(17)10-5-3-8-16(9-10)12-14-6-4-7-15-12/h4,6-7,10H,2-3,5,8-9H2,1H3,(H,13,17). The minimum Gasteiger partial charge on any atom is -0.356 e. The number of amides is 1. The Labute approximate surface area is 101 Å². The molecule has 2 heterocycles. The van der Waals surface area contributed by atoms with Crippen molar-refractivity contribution in [2.75, 3.05) is 24.5 Å². The summed E-state index contributed by atoms with van der Waals surface area (Å²) in [6.45, 7) is 4.28. The molecule has 1 aliphatic heterocycles. The Morgan fingerprint density at radius 2 is 2.29 bits per heavy atom. The van der Waals surface area contributed by atoms with Crippen molar-refractivity contribution in [3.8, 4) is 0 Å². The lowest BCUT2D eigenvalue weighted by atomic mass is 9.97. The molecule has 17 heavy (non-hydrogen) atoms. The van der Waals surface area contributed by atoms with E-state index < -0.39 is 0 Å². The normalized spacial score (nSPS) is 20.1. The van der Waals surface area contributed by atoms with Crippen molar-refractivity contribution in [2.45, 2.75) is 19.8 Å². The van der Waals surface area contributed by atoms with E-state index >= 15 is 0 Å². The molecule has 5 nitrogen and oxygen atoms in total. The van der Waals surface area contributed by atoms with Crippen molar-refractivity contribution in [1.29, 1.82) is 0 Å². The van der Waals surface area contributed by atoms with Crippen LogP contribution in [0.4, 0.5) is 5.95 Å². The van der Waals surface area contributed by atoms with E-state index in [0.29, 0.717) is 6.54 Å². The Hall–Kier alpha value is -1.65. The average Bonchev–Trinajstić information content (AvgIpc) is 2.40. The molecule has 1 aliphatic rings. The van der Waals surface area contributed by atoms with E-state index in [0.717, 1.165) is 31.9 Å². The molecule has 92 valence electrons. The highest BCUT2D eigenvalue weighted by atomic mass is 16.1. The Morgan fingerprint density at radius 1 is 1.53 bits per heavy atom. The van der Waals surface area contributed by atoms with E-state index in [1.54, 1.807) is 18.5 Å². The molecule has 0 aliphatic carbocycles. The maximum atomic E-state index is 11.8. The largest absolute Gasteiger partial charge is 0.356 e. The number of piperidine rings is 1. The summed E-state index contributed by atoms with van der Waals surface area (Å²) < 4.78 is 0. The topological polar surface area (TPSA) is 58.1 Å². The zero-order valence-corrected chi connectivity index (χ0v) is 10.1. The molecule has 1 aromatic rings. The highest BCUT2D eigenvalue weighted by molar-refractivity contribution is 5.79. The second-order valence-corrected chi connectivity index (χ2v) is 4.23. The van der Waals surface area contributed by atoms with Crippen molar-refractivity contribution in [1.82, 2.24) is 15.3 Å². The number of anilines is 1. The third kappa shape index (κ3) is 2.93. The summed E-state index contributed by atoms with van der Waals surface area (Å²) >= 11 is 0. The summed E-state index contributed by atoms with van der Waals surface area (Å²) in [6, 6.07) is 1.80. The van der Waals surface area contributed by atoms with Gasteiger partial charge in [-0.25, -0.2) is 9.97 Å². The van der Waals surface area contributed by atoms with Crippen LogP contribution in [0.25, 0.3) is 0 Å². The van der Waals surface area contributed by atoms with Gasteiger partial charge in [0, 0.05) is 32.0 Å². The maximum absolute atomic E-state index is 11.8. The first-order chi connectivity index (χ1) is 8.31. The summed E-state index contributed by atoms with van der Waals surface area (Å²) in [5, 5.41) is 2.88. The average molecular weight is 234 g/mol. The Morgan fingerprint density at radius 3 is 3.00 bits per heavy atom. The molecule has 0 bridgehead atoms. The molecule has 1 atom stereocenters. The van der Waals surface area contributed by atoms with Crippen LogP contribution in [-0.4, -0.2) is 35.5 Å². The van der Waals surface area contributed by atoms with Crippen molar-refractivity contribution in [3.05, 3.63) is 18.5 Å². The van der Waals surface area contributed by atoms with E-state index in [1.807, 2.05) is 6.92 Å². The molecular weight excluding hydrogens is 216 g/mol. The Balaban J connectivity index is 2.00. The van der Waals surface area contributed by atoms with Crippen LogP contribution in [0.5, 0.6) is 0 Å². The summed E-state index contributed by atoms with van der Waals surface area (Å²) in [6.07, 6.45) is 5.44. The van der Waals surface area contributed by atoms with Gasteiger partial charge in [0.2, 0.25) is 11.9 Å². The number of aromatic nitrogens is 2. The lowest BCUT2D eigenvalue weighted by molar-refractivity contribution is -0.125. The lowest BCUT2D eigenvalue weighted by Crippen LogP contribution is -2.43. The number of hydrogen-bond acceptors (Lipinski definition) is 4. The quantitative estimate of drug-likeness (QED) is 0.841. The van der Waals surface area contributed by atoms with Gasteiger partial charge in [-0.3, -0.25) is 4.79 Å². The Kier molecular flexibility index (Phi) is 3.90. The smallest absolute Gasteiger partial charge is 0.225 e. The molecule has 1 amide bonds. The predicted molar refractivity (Wildman–Crippen MR) is 65.7 cm³/mol. The van der Waals surface area contributed by atoms with Gasteiger partial charge in [-0.05, 0) is 25.8 Å². The summed E-state index contributed by atoms with van der Waals surface area (Å²) in [5.41, 5.74) is 0. The first-order valence-electron chi connectivity index (χ1n) is 6.11. The molecule has 0 radical (unpaired) electrons. The maximum Gasteiger partial charge on any atom is 0.225 e. The third-order valence-electron chi connectivity index (χ3n) is 2.98. The summed E-state index contributed by atoms with van der Waals surface area (Å²) in [7, 11) is 0. The molecule has 0 spiro atoms. The number of nitrogens with zero attached hydrogens (tertiary/aromatic N) is 3. The van der Waals surface area contributed by atoms with Gasteiger partial charge < -0.3 is 10.2 Å². The van der Waals surface area contributed by atoms with Gasteiger partial charge in [0.25, 0.3) is 0 Å². The number of hydrogen-bond donors (Lipinski definition) is 1. The van der Waals surface area contributed by atoms with Gasteiger partial charge in [0.15, 0.2) is 0 Å². The van der Waals surface area contributed by atoms with Gasteiger partial charge >= 0.3 is 0 Å². The second kappa shape index (κ2) is 5.61.